The number of benzene rings is 2. The molecule has 2 aromatic heterocycles. The van der Waals surface area contributed by atoms with Crippen LogP contribution >= 0.6 is 0 Å². The van der Waals surface area contributed by atoms with Crippen molar-refractivity contribution in [1.29, 1.82) is 0 Å². The van der Waals surface area contributed by atoms with E-state index in [0.29, 0.717) is 23.4 Å². The van der Waals surface area contributed by atoms with Crippen LogP contribution in [0.2, 0.25) is 0 Å². The van der Waals surface area contributed by atoms with Gasteiger partial charge in [-0.25, -0.2) is 14.8 Å². The zero-order valence-corrected chi connectivity index (χ0v) is 14.7. The highest BCUT2D eigenvalue weighted by atomic mass is 16.4. The number of hydrogen-bond acceptors (Lipinski definition) is 4. The fraction of sp³-hybridized carbons (Fsp3) is 0.0952. The average molecular weight is 358 g/mol. The lowest BCUT2D eigenvalue weighted by Gasteiger charge is -2.07. The van der Waals surface area contributed by atoms with E-state index in [4.69, 9.17) is 0 Å². The number of carboxylic acid groups (broad SMARTS) is 1. The molecule has 0 saturated carbocycles. The van der Waals surface area contributed by atoms with E-state index in [1.165, 1.54) is 11.1 Å². The molecule has 0 spiro atoms. The second kappa shape index (κ2) is 6.92. The van der Waals surface area contributed by atoms with Crippen molar-refractivity contribution in [3.05, 3.63) is 77.5 Å². The van der Waals surface area contributed by atoms with Crippen molar-refractivity contribution in [2.45, 2.75) is 13.5 Å². The molecule has 0 saturated heterocycles. The van der Waals surface area contributed by atoms with Crippen LogP contribution in [0.4, 0.5) is 5.82 Å². The number of aromatic nitrogens is 3. The number of H-pyrrole nitrogens is 1. The van der Waals surface area contributed by atoms with E-state index in [2.05, 4.69) is 45.4 Å². The maximum atomic E-state index is 11.3. The number of aryl methyl sites for hydroxylation is 1. The molecule has 0 radical (unpaired) electrons. The number of aromatic carboxylic acids is 1. The molecule has 2 aromatic carbocycles. The average Bonchev–Trinajstić information content (AvgIpc) is 3.11. The molecule has 0 amide bonds. The summed E-state index contributed by atoms with van der Waals surface area (Å²) in [5.41, 5.74) is 4.53. The highest BCUT2D eigenvalue weighted by Gasteiger charge is 2.13. The van der Waals surface area contributed by atoms with Crippen LogP contribution in [0.15, 0.2) is 60.8 Å². The Kier molecular flexibility index (Phi) is 4.30. The van der Waals surface area contributed by atoms with Crippen molar-refractivity contribution in [1.82, 2.24) is 15.0 Å². The van der Waals surface area contributed by atoms with Gasteiger partial charge >= 0.3 is 5.97 Å². The summed E-state index contributed by atoms with van der Waals surface area (Å²) in [6.45, 7) is 2.76. The van der Waals surface area contributed by atoms with Gasteiger partial charge in [0, 0.05) is 18.3 Å². The molecule has 0 bridgehead atoms. The van der Waals surface area contributed by atoms with Crippen molar-refractivity contribution in [2.75, 3.05) is 5.32 Å². The van der Waals surface area contributed by atoms with Crippen LogP contribution in [-0.2, 0) is 6.54 Å². The molecular formula is C21H18N4O2. The lowest BCUT2D eigenvalue weighted by Crippen LogP contribution is -2.01. The van der Waals surface area contributed by atoms with Crippen molar-refractivity contribution in [3.8, 4) is 11.4 Å². The Morgan fingerprint density at radius 3 is 2.74 bits per heavy atom. The van der Waals surface area contributed by atoms with Gasteiger partial charge in [-0.05, 0) is 36.8 Å². The number of aromatic amines is 1. The van der Waals surface area contributed by atoms with Crippen LogP contribution in [0.3, 0.4) is 0 Å². The molecule has 3 N–H and O–H groups in total. The zero-order valence-electron chi connectivity index (χ0n) is 14.7. The molecule has 134 valence electrons. The Labute approximate surface area is 155 Å². The molecule has 4 aromatic rings. The number of hydrogen-bond donors (Lipinski definition) is 3. The summed E-state index contributed by atoms with van der Waals surface area (Å²) in [5.74, 6) is 0.367. The molecule has 0 fully saturated rings. The van der Waals surface area contributed by atoms with Crippen LogP contribution in [0.5, 0.6) is 0 Å². The van der Waals surface area contributed by atoms with Crippen molar-refractivity contribution >= 4 is 22.8 Å². The van der Waals surface area contributed by atoms with Crippen molar-refractivity contribution in [2.24, 2.45) is 0 Å². The summed E-state index contributed by atoms with van der Waals surface area (Å²) in [6.07, 6.45) is 1.72. The number of fused-ring (bicyclic) bond motifs is 1. The number of para-hydroxylation sites is 1. The summed E-state index contributed by atoms with van der Waals surface area (Å²) in [6, 6.07) is 17.2. The van der Waals surface area contributed by atoms with Crippen LogP contribution in [-0.4, -0.2) is 26.0 Å². The molecule has 0 atom stereocenters. The highest BCUT2D eigenvalue weighted by Crippen LogP contribution is 2.23. The molecule has 0 aliphatic heterocycles. The number of anilines is 1. The minimum Gasteiger partial charge on any atom is -0.478 e. The van der Waals surface area contributed by atoms with Gasteiger partial charge in [-0.2, -0.15) is 0 Å². The van der Waals surface area contributed by atoms with Gasteiger partial charge in [0.05, 0.1) is 11.1 Å². The largest absolute Gasteiger partial charge is 0.478 e. The third kappa shape index (κ3) is 3.50. The van der Waals surface area contributed by atoms with E-state index >= 15 is 0 Å². The smallest absolute Gasteiger partial charge is 0.337 e. The molecule has 27 heavy (non-hydrogen) atoms. The lowest BCUT2D eigenvalue weighted by atomic mass is 10.1. The monoisotopic (exact) mass is 358 g/mol. The zero-order chi connectivity index (χ0) is 18.8. The first kappa shape index (κ1) is 16.8. The fourth-order valence-electron chi connectivity index (χ4n) is 2.99. The summed E-state index contributed by atoms with van der Waals surface area (Å²) < 4.78 is 0. The van der Waals surface area contributed by atoms with Crippen molar-refractivity contribution in [3.63, 3.8) is 0 Å². The number of nitrogens with zero attached hydrogens (tertiary/aromatic N) is 2. The molecule has 0 unspecified atom stereocenters. The van der Waals surface area contributed by atoms with Crippen LogP contribution < -0.4 is 5.32 Å². The van der Waals surface area contributed by atoms with Gasteiger partial charge in [0.25, 0.3) is 0 Å². The molecule has 6 nitrogen and oxygen atoms in total. The highest BCUT2D eigenvalue weighted by molar-refractivity contribution is 6.01. The fourth-order valence-corrected chi connectivity index (χ4v) is 2.99. The number of imidazole rings is 1. The molecule has 2 heterocycles. The first-order valence-corrected chi connectivity index (χ1v) is 8.58. The summed E-state index contributed by atoms with van der Waals surface area (Å²) in [5, 5.41) is 12.6. The number of nitrogens with one attached hydrogen (secondary N) is 2. The van der Waals surface area contributed by atoms with Gasteiger partial charge in [0.1, 0.15) is 17.2 Å². The standard InChI is InChI=1S/C21H18N4O2/c1-13-4-2-5-14(10-13)11-22-18-9-8-15(12-23-18)20-24-17-7-3-6-16(21(26)27)19(17)25-20/h2-10,12H,11H2,1H3,(H,22,23)(H,24,25)(H,26,27). The summed E-state index contributed by atoms with van der Waals surface area (Å²) in [4.78, 5) is 23.4. The molecule has 0 aliphatic carbocycles. The number of rotatable bonds is 5. The van der Waals surface area contributed by atoms with Crippen LogP contribution in [0.1, 0.15) is 21.5 Å². The van der Waals surface area contributed by atoms with Gasteiger partial charge in [-0.3, -0.25) is 0 Å². The Morgan fingerprint density at radius 1 is 1.15 bits per heavy atom. The molecule has 0 aliphatic rings. The first-order chi connectivity index (χ1) is 13.1. The number of carboxylic acids is 1. The van der Waals surface area contributed by atoms with Crippen molar-refractivity contribution < 1.29 is 9.90 Å². The molecule has 4 rings (SSSR count). The van der Waals surface area contributed by atoms with Crippen LogP contribution in [0.25, 0.3) is 22.4 Å². The third-order valence-corrected chi connectivity index (χ3v) is 4.34. The normalized spacial score (nSPS) is 10.9. The Morgan fingerprint density at radius 2 is 2.00 bits per heavy atom. The summed E-state index contributed by atoms with van der Waals surface area (Å²) >= 11 is 0. The predicted octanol–water partition coefficient (Wildman–Crippen LogP) is 4.24. The summed E-state index contributed by atoms with van der Waals surface area (Å²) in [7, 11) is 0. The molecule has 6 heteroatoms. The number of carbonyl (C=O) groups is 1. The van der Waals surface area contributed by atoms with E-state index < -0.39 is 5.97 Å². The maximum absolute atomic E-state index is 11.3. The molecular weight excluding hydrogens is 340 g/mol. The lowest BCUT2D eigenvalue weighted by molar-refractivity contribution is 0.0699. The van der Waals surface area contributed by atoms with E-state index in [1.807, 2.05) is 24.3 Å². The SMILES string of the molecule is Cc1cccc(CNc2ccc(-c3nc4c(C(=O)O)cccc4[nH]3)cn2)c1. The van der Waals surface area contributed by atoms with Gasteiger partial charge in [0.2, 0.25) is 0 Å². The third-order valence-electron chi connectivity index (χ3n) is 4.34. The second-order valence-electron chi connectivity index (χ2n) is 6.37. The predicted molar refractivity (Wildman–Crippen MR) is 105 cm³/mol. The van der Waals surface area contributed by atoms with E-state index in [0.717, 1.165) is 11.4 Å². The minimum atomic E-state index is -0.993. The van der Waals surface area contributed by atoms with Gasteiger partial charge in [-0.1, -0.05) is 35.9 Å². The topological polar surface area (TPSA) is 90.9 Å². The Balaban J connectivity index is 1.54. The van der Waals surface area contributed by atoms with Gasteiger partial charge < -0.3 is 15.4 Å². The van der Waals surface area contributed by atoms with E-state index in [9.17, 15) is 9.90 Å². The van der Waals surface area contributed by atoms with E-state index in [-0.39, 0.29) is 5.56 Å². The Bertz CT molecular complexity index is 1120. The first-order valence-electron chi connectivity index (χ1n) is 8.58. The minimum absolute atomic E-state index is 0.180. The quantitative estimate of drug-likeness (QED) is 0.496. The Hall–Kier alpha value is -3.67. The van der Waals surface area contributed by atoms with Gasteiger partial charge in [-0.15, -0.1) is 0 Å². The van der Waals surface area contributed by atoms with E-state index in [1.54, 1.807) is 18.3 Å². The second-order valence-corrected chi connectivity index (χ2v) is 6.37. The number of pyridine rings is 1. The van der Waals surface area contributed by atoms with Gasteiger partial charge in [0.15, 0.2) is 0 Å². The van der Waals surface area contributed by atoms with Crippen LogP contribution in [0, 0.1) is 6.92 Å². The maximum Gasteiger partial charge on any atom is 0.337 e.